The van der Waals surface area contributed by atoms with Gasteiger partial charge in [0.15, 0.2) is 11.6 Å². The van der Waals surface area contributed by atoms with Crippen LogP contribution in [0.25, 0.3) is 11.4 Å². The van der Waals surface area contributed by atoms with Crippen LogP contribution in [0.3, 0.4) is 0 Å². The van der Waals surface area contributed by atoms with Gasteiger partial charge in [-0.2, -0.15) is 0 Å². The summed E-state index contributed by atoms with van der Waals surface area (Å²) in [5, 5.41) is 0. The average molecular weight is 358 g/mol. The highest BCUT2D eigenvalue weighted by molar-refractivity contribution is 5.69. The number of benzene rings is 1. The predicted molar refractivity (Wildman–Crippen MR) is 97.4 cm³/mol. The van der Waals surface area contributed by atoms with Gasteiger partial charge in [0.2, 0.25) is 0 Å². The van der Waals surface area contributed by atoms with E-state index in [4.69, 9.17) is 4.74 Å². The zero-order chi connectivity index (χ0) is 18.7. The van der Waals surface area contributed by atoms with Gasteiger partial charge in [0.1, 0.15) is 5.60 Å². The largest absolute Gasteiger partial charge is 0.444 e. The Bertz CT molecular complexity index is 749. The third kappa shape index (κ3) is 4.47. The molecule has 1 aromatic heterocycles. The first kappa shape index (κ1) is 18.1. The van der Waals surface area contributed by atoms with Crippen LogP contribution in [0, 0.1) is 5.82 Å². The molecule has 0 N–H and O–H groups in total. The molecule has 0 unspecified atom stereocenters. The van der Waals surface area contributed by atoms with Crippen LogP contribution in [0.2, 0.25) is 0 Å². The molecule has 1 saturated heterocycles. The van der Waals surface area contributed by atoms with Gasteiger partial charge in [0, 0.05) is 37.4 Å². The number of nitrogens with zero attached hydrogens (tertiary/aromatic N) is 4. The Kier molecular flexibility index (Phi) is 5.06. The molecule has 1 aromatic carbocycles. The number of rotatable bonds is 2. The molecule has 7 heteroatoms. The number of carbonyl (C=O) groups is 1. The van der Waals surface area contributed by atoms with Crippen LogP contribution in [-0.4, -0.2) is 52.7 Å². The van der Waals surface area contributed by atoms with Crippen molar-refractivity contribution in [2.45, 2.75) is 26.4 Å². The van der Waals surface area contributed by atoms with Crippen molar-refractivity contribution in [1.29, 1.82) is 0 Å². The van der Waals surface area contributed by atoms with Gasteiger partial charge >= 0.3 is 6.09 Å². The van der Waals surface area contributed by atoms with Crippen LogP contribution >= 0.6 is 0 Å². The Hall–Kier alpha value is -2.70. The molecule has 138 valence electrons. The van der Waals surface area contributed by atoms with E-state index >= 15 is 0 Å². The Morgan fingerprint density at radius 3 is 2.15 bits per heavy atom. The van der Waals surface area contributed by atoms with E-state index < -0.39 is 11.4 Å². The maximum Gasteiger partial charge on any atom is 0.410 e. The summed E-state index contributed by atoms with van der Waals surface area (Å²) in [6.45, 7) is 8.33. The van der Waals surface area contributed by atoms with Gasteiger partial charge in [-0.15, -0.1) is 0 Å². The summed E-state index contributed by atoms with van der Waals surface area (Å²) in [5.41, 5.74) is 1.42. The van der Waals surface area contributed by atoms with E-state index in [2.05, 4.69) is 14.9 Å². The molecule has 0 atom stereocenters. The molecule has 0 bridgehead atoms. The van der Waals surface area contributed by atoms with Gasteiger partial charge in [0.25, 0.3) is 0 Å². The van der Waals surface area contributed by atoms with E-state index in [-0.39, 0.29) is 6.09 Å². The van der Waals surface area contributed by atoms with E-state index in [1.54, 1.807) is 4.90 Å². The van der Waals surface area contributed by atoms with Gasteiger partial charge in [-0.05, 0) is 45.0 Å². The summed E-state index contributed by atoms with van der Waals surface area (Å²) in [6.07, 6.45) is 2.05. The smallest absolute Gasteiger partial charge is 0.410 e. The number of hydrogen-bond acceptors (Lipinski definition) is 5. The molecular weight excluding hydrogens is 335 g/mol. The zero-order valence-electron chi connectivity index (χ0n) is 15.3. The quantitative estimate of drug-likeness (QED) is 0.824. The van der Waals surface area contributed by atoms with Gasteiger partial charge in [-0.1, -0.05) is 0 Å². The second-order valence-corrected chi connectivity index (χ2v) is 7.23. The first-order chi connectivity index (χ1) is 12.3. The summed E-state index contributed by atoms with van der Waals surface area (Å²) < 4.78 is 18.3. The van der Waals surface area contributed by atoms with E-state index in [0.29, 0.717) is 18.9 Å². The molecule has 2 aromatic rings. The van der Waals surface area contributed by atoms with E-state index in [1.807, 2.05) is 45.0 Å². The monoisotopic (exact) mass is 358 g/mol. The second kappa shape index (κ2) is 7.27. The molecule has 0 aliphatic carbocycles. The van der Waals surface area contributed by atoms with Crippen molar-refractivity contribution >= 4 is 11.8 Å². The van der Waals surface area contributed by atoms with Crippen molar-refractivity contribution in [1.82, 2.24) is 14.9 Å². The van der Waals surface area contributed by atoms with Crippen LogP contribution in [0.1, 0.15) is 20.8 Å². The van der Waals surface area contributed by atoms with Crippen LogP contribution in [0.4, 0.5) is 14.9 Å². The van der Waals surface area contributed by atoms with Gasteiger partial charge < -0.3 is 14.5 Å². The van der Waals surface area contributed by atoms with Crippen molar-refractivity contribution in [3.8, 4) is 11.4 Å². The van der Waals surface area contributed by atoms with Crippen molar-refractivity contribution < 1.29 is 13.9 Å². The van der Waals surface area contributed by atoms with Crippen LogP contribution in [-0.2, 0) is 4.74 Å². The molecule has 0 saturated carbocycles. The molecular formula is C19H23FN4O2. The highest BCUT2D eigenvalue weighted by atomic mass is 19.1. The number of ether oxygens (including phenoxy) is 1. The summed E-state index contributed by atoms with van der Waals surface area (Å²) >= 11 is 0. The van der Waals surface area contributed by atoms with Gasteiger partial charge in [-0.25, -0.2) is 19.2 Å². The fourth-order valence-corrected chi connectivity index (χ4v) is 2.76. The maximum absolute atomic E-state index is 12.9. The number of halogens is 1. The van der Waals surface area contributed by atoms with Crippen molar-refractivity contribution in [3.05, 3.63) is 42.5 Å². The SMILES string of the molecule is CC(C)(C)OC(=O)N1CCN(c2ccc(-c3ncc(F)cn3)cc2)CC1. The molecule has 1 aliphatic heterocycles. The molecule has 6 nitrogen and oxygen atoms in total. The standard InChI is InChI=1S/C19H23FN4O2/c1-19(2,3)26-18(25)24-10-8-23(9-11-24)16-6-4-14(5-7-16)17-21-12-15(20)13-22-17/h4-7,12-13H,8-11H2,1-3H3. The topological polar surface area (TPSA) is 58.6 Å². The number of aromatic nitrogens is 2. The van der Waals surface area contributed by atoms with Crippen molar-refractivity contribution in [2.75, 3.05) is 31.1 Å². The number of piperazine rings is 1. The van der Waals surface area contributed by atoms with E-state index in [9.17, 15) is 9.18 Å². The molecule has 0 spiro atoms. The average Bonchev–Trinajstić information content (AvgIpc) is 2.61. The number of carbonyl (C=O) groups excluding carboxylic acids is 1. The lowest BCUT2D eigenvalue weighted by atomic mass is 10.1. The molecule has 26 heavy (non-hydrogen) atoms. The Balaban J connectivity index is 1.59. The normalized spacial score (nSPS) is 15.1. The lowest BCUT2D eigenvalue weighted by Crippen LogP contribution is -2.50. The maximum atomic E-state index is 12.9. The molecule has 3 rings (SSSR count). The van der Waals surface area contributed by atoms with Crippen LogP contribution in [0.5, 0.6) is 0 Å². The summed E-state index contributed by atoms with van der Waals surface area (Å²) in [7, 11) is 0. The molecule has 1 amide bonds. The molecule has 1 aliphatic rings. The fraction of sp³-hybridized carbons (Fsp3) is 0.421. The van der Waals surface area contributed by atoms with E-state index in [0.717, 1.165) is 36.7 Å². The number of hydrogen-bond donors (Lipinski definition) is 0. The summed E-state index contributed by atoms with van der Waals surface area (Å²) in [4.78, 5) is 24.1. The Labute approximate surface area is 152 Å². The minimum atomic E-state index is -0.480. The fourth-order valence-electron chi connectivity index (χ4n) is 2.76. The third-order valence-electron chi connectivity index (χ3n) is 4.04. The number of amides is 1. The van der Waals surface area contributed by atoms with Crippen LogP contribution < -0.4 is 4.90 Å². The molecule has 2 heterocycles. The Morgan fingerprint density at radius 1 is 1.04 bits per heavy atom. The lowest BCUT2D eigenvalue weighted by molar-refractivity contribution is 0.0240. The highest BCUT2D eigenvalue weighted by Crippen LogP contribution is 2.22. The summed E-state index contributed by atoms with van der Waals surface area (Å²) in [6, 6.07) is 7.82. The first-order valence-electron chi connectivity index (χ1n) is 8.63. The van der Waals surface area contributed by atoms with E-state index in [1.165, 1.54) is 0 Å². The summed E-state index contributed by atoms with van der Waals surface area (Å²) in [5.74, 6) is 0.0425. The second-order valence-electron chi connectivity index (χ2n) is 7.23. The number of anilines is 1. The van der Waals surface area contributed by atoms with Crippen molar-refractivity contribution in [2.24, 2.45) is 0 Å². The van der Waals surface area contributed by atoms with Crippen molar-refractivity contribution in [3.63, 3.8) is 0 Å². The predicted octanol–water partition coefficient (Wildman–Crippen LogP) is 3.34. The highest BCUT2D eigenvalue weighted by Gasteiger charge is 2.25. The lowest BCUT2D eigenvalue weighted by Gasteiger charge is -2.36. The molecule has 1 fully saturated rings. The molecule has 0 radical (unpaired) electrons. The third-order valence-corrected chi connectivity index (χ3v) is 4.04. The van der Waals surface area contributed by atoms with Gasteiger partial charge in [-0.3, -0.25) is 0 Å². The van der Waals surface area contributed by atoms with Gasteiger partial charge in [0.05, 0.1) is 12.4 Å². The minimum absolute atomic E-state index is 0.263. The first-order valence-corrected chi connectivity index (χ1v) is 8.63. The Morgan fingerprint density at radius 2 is 1.62 bits per heavy atom. The van der Waals surface area contributed by atoms with Crippen LogP contribution in [0.15, 0.2) is 36.7 Å². The zero-order valence-corrected chi connectivity index (χ0v) is 15.3. The minimum Gasteiger partial charge on any atom is -0.444 e.